The molecular weight excluding hydrogens is 243 g/mol. The van der Waals surface area contributed by atoms with Crippen LogP contribution in [0.15, 0.2) is 24.3 Å². The molecule has 2 N–H and O–H groups in total. The number of nitrogens with two attached hydrogens (primary N) is 1. The second kappa shape index (κ2) is 6.45. The summed E-state index contributed by atoms with van der Waals surface area (Å²) in [6, 6.07) is 8.50. The Hall–Kier alpha value is -0.280. The third-order valence-electron chi connectivity index (χ3n) is 2.95. The summed E-state index contributed by atoms with van der Waals surface area (Å²) in [6.07, 6.45) is 2.24. The van der Waals surface area contributed by atoms with Gasteiger partial charge in [0.2, 0.25) is 0 Å². The molecule has 2 nitrogen and oxygen atoms in total. The highest BCUT2D eigenvalue weighted by Gasteiger charge is 2.15. The molecule has 0 amide bonds. The first kappa shape index (κ1) is 13.8. The Morgan fingerprint density at radius 2 is 1.75 bits per heavy atom. The second-order valence-corrected chi connectivity index (χ2v) is 4.68. The first-order valence-electron chi connectivity index (χ1n) is 5.46. The lowest BCUT2D eigenvalue weighted by atomic mass is 10.1. The van der Waals surface area contributed by atoms with E-state index in [0.717, 1.165) is 37.5 Å². The largest absolute Gasteiger partial charge is 0.328 e. The van der Waals surface area contributed by atoms with E-state index in [1.165, 1.54) is 5.56 Å². The van der Waals surface area contributed by atoms with Crippen LogP contribution in [-0.2, 0) is 6.54 Å². The second-order valence-electron chi connectivity index (χ2n) is 4.24. The normalized spacial score (nSPS) is 18.1. The van der Waals surface area contributed by atoms with Crippen molar-refractivity contribution in [1.29, 1.82) is 0 Å². The van der Waals surface area contributed by atoms with Crippen molar-refractivity contribution in [3.8, 4) is 0 Å². The van der Waals surface area contributed by atoms with Gasteiger partial charge in [-0.25, -0.2) is 0 Å². The molecule has 0 atom stereocenters. The van der Waals surface area contributed by atoms with Crippen LogP contribution in [0.2, 0.25) is 5.02 Å². The molecule has 1 aromatic carbocycles. The molecule has 0 aromatic heterocycles. The maximum atomic E-state index is 5.87. The van der Waals surface area contributed by atoms with Gasteiger partial charge in [-0.1, -0.05) is 23.7 Å². The summed E-state index contributed by atoms with van der Waals surface area (Å²) in [5.74, 6) is 0. The van der Waals surface area contributed by atoms with E-state index < -0.39 is 0 Å². The first-order chi connectivity index (χ1) is 7.24. The van der Waals surface area contributed by atoms with Crippen molar-refractivity contribution in [2.45, 2.75) is 25.4 Å². The van der Waals surface area contributed by atoms with Gasteiger partial charge < -0.3 is 5.73 Å². The molecule has 1 fully saturated rings. The van der Waals surface area contributed by atoms with Gasteiger partial charge in [0.05, 0.1) is 0 Å². The van der Waals surface area contributed by atoms with Crippen molar-refractivity contribution in [3.63, 3.8) is 0 Å². The Morgan fingerprint density at radius 3 is 2.31 bits per heavy atom. The molecule has 16 heavy (non-hydrogen) atoms. The van der Waals surface area contributed by atoms with Crippen molar-refractivity contribution >= 4 is 24.0 Å². The monoisotopic (exact) mass is 260 g/mol. The van der Waals surface area contributed by atoms with Crippen LogP contribution < -0.4 is 5.73 Å². The number of likely N-dealkylation sites (tertiary alicyclic amines) is 1. The van der Waals surface area contributed by atoms with Gasteiger partial charge in [-0.3, -0.25) is 4.90 Å². The van der Waals surface area contributed by atoms with Gasteiger partial charge in [0.15, 0.2) is 0 Å². The summed E-state index contributed by atoms with van der Waals surface area (Å²) in [6.45, 7) is 3.25. The van der Waals surface area contributed by atoms with E-state index in [2.05, 4.69) is 17.0 Å². The molecule has 0 spiro atoms. The molecular formula is C12H18Cl2N2. The molecule has 90 valence electrons. The topological polar surface area (TPSA) is 29.3 Å². The third-order valence-corrected chi connectivity index (χ3v) is 3.20. The molecule has 0 saturated carbocycles. The summed E-state index contributed by atoms with van der Waals surface area (Å²) in [7, 11) is 0. The molecule has 1 aliphatic heterocycles. The van der Waals surface area contributed by atoms with Crippen LogP contribution in [0, 0.1) is 0 Å². The molecule has 1 heterocycles. The van der Waals surface area contributed by atoms with Crippen LogP contribution in [0.3, 0.4) is 0 Å². The Kier molecular flexibility index (Phi) is 5.56. The van der Waals surface area contributed by atoms with Crippen LogP contribution in [0.5, 0.6) is 0 Å². The van der Waals surface area contributed by atoms with Crippen molar-refractivity contribution in [1.82, 2.24) is 4.90 Å². The minimum absolute atomic E-state index is 0. The summed E-state index contributed by atoms with van der Waals surface area (Å²) in [5, 5.41) is 0.805. The zero-order chi connectivity index (χ0) is 10.7. The predicted molar refractivity (Wildman–Crippen MR) is 71.2 cm³/mol. The summed E-state index contributed by atoms with van der Waals surface area (Å²) in [4.78, 5) is 2.45. The maximum absolute atomic E-state index is 5.87. The third kappa shape index (κ3) is 3.95. The van der Waals surface area contributed by atoms with Gasteiger partial charge in [-0.15, -0.1) is 12.4 Å². The first-order valence-corrected chi connectivity index (χ1v) is 5.84. The number of rotatable bonds is 2. The van der Waals surface area contributed by atoms with Gasteiger partial charge in [0.25, 0.3) is 0 Å². The Labute approximate surface area is 108 Å². The standard InChI is InChI=1S/C12H17ClN2.ClH/c13-11-3-1-10(2-4-11)9-15-7-5-12(14)6-8-15;/h1-4,12H,5-9,14H2;1H. The zero-order valence-electron chi connectivity index (χ0n) is 9.23. The lowest BCUT2D eigenvalue weighted by molar-refractivity contribution is 0.205. The molecule has 0 bridgehead atoms. The van der Waals surface area contributed by atoms with Gasteiger partial charge in [0, 0.05) is 17.6 Å². The van der Waals surface area contributed by atoms with Crippen molar-refractivity contribution < 1.29 is 0 Å². The number of piperidine rings is 1. The van der Waals surface area contributed by atoms with E-state index in [4.69, 9.17) is 17.3 Å². The van der Waals surface area contributed by atoms with E-state index in [1.807, 2.05) is 12.1 Å². The highest BCUT2D eigenvalue weighted by atomic mass is 35.5. The van der Waals surface area contributed by atoms with Gasteiger partial charge >= 0.3 is 0 Å². The maximum Gasteiger partial charge on any atom is 0.0406 e. The lowest BCUT2D eigenvalue weighted by Gasteiger charge is -2.30. The van der Waals surface area contributed by atoms with Crippen molar-refractivity contribution in [2.24, 2.45) is 5.73 Å². The number of hydrogen-bond donors (Lipinski definition) is 1. The Bertz CT molecular complexity index is 305. The zero-order valence-corrected chi connectivity index (χ0v) is 10.8. The van der Waals surface area contributed by atoms with E-state index in [9.17, 15) is 0 Å². The number of halogens is 2. The Morgan fingerprint density at radius 1 is 1.19 bits per heavy atom. The molecule has 2 rings (SSSR count). The van der Waals surface area contributed by atoms with Crippen molar-refractivity contribution in [2.75, 3.05) is 13.1 Å². The SMILES string of the molecule is Cl.NC1CCN(Cc2ccc(Cl)cc2)CC1. The van der Waals surface area contributed by atoms with Crippen LogP contribution in [-0.4, -0.2) is 24.0 Å². The van der Waals surface area contributed by atoms with E-state index in [-0.39, 0.29) is 12.4 Å². The fourth-order valence-electron chi connectivity index (χ4n) is 1.96. The van der Waals surface area contributed by atoms with Crippen LogP contribution in [0.1, 0.15) is 18.4 Å². The van der Waals surface area contributed by atoms with E-state index in [0.29, 0.717) is 6.04 Å². The fourth-order valence-corrected chi connectivity index (χ4v) is 2.09. The highest BCUT2D eigenvalue weighted by molar-refractivity contribution is 6.30. The summed E-state index contributed by atoms with van der Waals surface area (Å²) >= 11 is 5.84. The predicted octanol–water partition coefficient (Wildman–Crippen LogP) is 2.68. The molecule has 1 aromatic rings. The Balaban J connectivity index is 0.00000128. The van der Waals surface area contributed by atoms with Crippen LogP contribution >= 0.6 is 24.0 Å². The summed E-state index contributed by atoms with van der Waals surface area (Å²) in [5.41, 5.74) is 7.19. The fraction of sp³-hybridized carbons (Fsp3) is 0.500. The lowest BCUT2D eigenvalue weighted by Crippen LogP contribution is -2.39. The van der Waals surface area contributed by atoms with E-state index >= 15 is 0 Å². The van der Waals surface area contributed by atoms with Crippen LogP contribution in [0.25, 0.3) is 0 Å². The molecule has 1 aliphatic rings. The number of hydrogen-bond acceptors (Lipinski definition) is 2. The minimum Gasteiger partial charge on any atom is -0.328 e. The quantitative estimate of drug-likeness (QED) is 0.886. The highest BCUT2D eigenvalue weighted by Crippen LogP contribution is 2.14. The molecule has 4 heteroatoms. The van der Waals surface area contributed by atoms with Crippen LogP contribution in [0.4, 0.5) is 0 Å². The number of benzene rings is 1. The molecule has 1 saturated heterocycles. The average molecular weight is 261 g/mol. The summed E-state index contributed by atoms with van der Waals surface area (Å²) < 4.78 is 0. The van der Waals surface area contributed by atoms with E-state index in [1.54, 1.807) is 0 Å². The van der Waals surface area contributed by atoms with Gasteiger partial charge in [-0.2, -0.15) is 0 Å². The molecule has 0 aliphatic carbocycles. The molecule has 0 radical (unpaired) electrons. The minimum atomic E-state index is 0. The van der Waals surface area contributed by atoms with Crippen molar-refractivity contribution in [3.05, 3.63) is 34.9 Å². The van der Waals surface area contributed by atoms with Gasteiger partial charge in [-0.05, 0) is 43.6 Å². The molecule has 0 unspecified atom stereocenters. The average Bonchev–Trinajstić information content (AvgIpc) is 2.25. The number of nitrogens with zero attached hydrogens (tertiary/aromatic N) is 1. The van der Waals surface area contributed by atoms with Gasteiger partial charge in [0.1, 0.15) is 0 Å². The smallest absolute Gasteiger partial charge is 0.0406 e.